The minimum absolute atomic E-state index is 0.0261. The van der Waals surface area contributed by atoms with Crippen LogP contribution in [0.2, 0.25) is 5.02 Å². The highest BCUT2D eigenvalue weighted by molar-refractivity contribution is 6.32. The first-order valence-corrected chi connectivity index (χ1v) is 8.33. The highest BCUT2D eigenvalue weighted by Gasteiger charge is 2.24. The smallest absolute Gasteiger partial charge is 0.254 e. The van der Waals surface area contributed by atoms with Crippen LogP contribution in [0.5, 0.6) is 5.75 Å². The van der Waals surface area contributed by atoms with Crippen molar-refractivity contribution in [2.45, 2.75) is 33.3 Å². The summed E-state index contributed by atoms with van der Waals surface area (Å²) in [5, 5.41) is 0.435. The Labute approximate surface area is 142 Å². The van der Waals surface area contributed by atoms with Gasteiger partial charge in [0.05, 0.1) is 11.1 Å². The van der Waals surface area contributed by atoms with Crippen molar-refractivity contribution in [3.05, 3.63) is 28.8 Å². The number of nitrogens with zero attached hydrogens (tertiary/aromatic N) is 2. The van der Waals surface area contributed by atoms with Crippen molar-refractivity contribution in [3.8, 4) is 5.75 Å². The zero-order chi connectivity index (χ0) is 17.0. The summed E-state index contributed by atoms with van der Waals surface area (Å²) in [6, 6.07) is 5.10. The molecule has 23 heavy (non-hydrogen) atoms. The van der Waals surface area contributed by atoms with Crippen LogP contribution < -0.4 is 4.74 Å². The molecule has 1 aromatic carbocycles. The van der Waals surface area contributed by atoms with Gasteiger partial charge in [-0.2, -0.15) is 0 Å². The van der Waals surface area contributed by atoms with E-state index in [1.54, 1.807) is 28.0 Å². The molecule has 1 fully saturated rings. The number of hydrogen-bond acceptors (Lipinski definition) is 3. The number of halogens is 1. The lowest BCUT2D eigenvalue weighted by Gasteiger charge is -2.34. The van der Waals surface area contributed by atoms with Crippen LogP contribution in [-0.2, 0) is 4.79 Å². The van der Waals surface area contributed by atoms with E-state index in [-0.39, 0.29) is 17.9 Å². The van der Waals surface area contributed by atoms with Gasteiger partial charge < -0.3 is 14.5 Å². The van der Waals surface area contributed by atoms with E-state index >= 15 is 0 Å². The summed E-state index contributed by atoms with van der Waals surface area (Å²) in [6.45, 7) is 7.96. The number of benzene rings is 1. The molecule has 0 aliphatic carbocycles. The Kier molecular flexibility index (Phi) is 5.88. The summed E-state index contributed by atoms with van der Waals surface area (Å²) in [4.78, 5) is 27.8. The molecule has 1 aromatic rings. The Morgan fingerprint density at radius 1 is 1.17 bits per heavy atom. The van der Waals surface area contributed by atoms with Crippen molar-refractivity contribution in [2.75, 3.05) is 26.2 Å². The average Bonchev–Trinajstić information content (AvgIpc) is 2.55. The van der Waals surface area contributed by atoms with Crippen LogP contribution in [0.4, 0.5) is 0 Å². The summed E-state index contributed by atoms with van der Waals surface area (Å²) in [6.07, 6.45) is 0.527. The van der Waals surface area contributed by atoms with Gasteiger partial charge in [0.1, 0.15) is 5.75 Å². The molecule has 0 bridgehead atoms. The molecule has 1 aliphatic heterocycles. The maximum atomic E-state index is 12.6. The molecule has 2 amide bonds. The van der Waals surface area contributed by atoms with Gasteiger partial charge in [0, 0.05) is 38.2 Å². The number of carbonyl (C=O) groups excluding carboxylic acids is 2. The van der Waals surface area contributed by atoms with E-state index in [0.717, 1.165) is 0 Å². The molecule has 1 saturated heterocycles. The molecule has 0 spiro atoms. The lowest BCUT2D eigenvalue weighted by Crippen LogP contribution is -2.50. The van der Waals surface area contributed by atoms with Gasteiger partial charge in [-0.3, -0.25) is 9.59 Å². The highest BCUT2D eigenvalue weighted by atomic mass is 35.5. The molecular weight excluding hydrogens is 316 g/mol. The zero-order valence-corrected chi connectivity index (χ0v) is 14.6. The van der Waals surface area contributed by atoms with Crippen molar-refractivity contribution in [1.29, 1.82) is 0 Å². The first-order chi connectivity index (χ1) is 10.9. The van der Waals surface area contributed by atoms with Crippen molar-refractivity contribution in [3.63, 3.8) is 0 Å². The van der Waals surface area contributed by atoms with Crippen LogP contribution in [0.3, 0.4) is 0 Å². The van der Waals surface area contributed by atoms with Crippen molar-refractivity contribution in [2.24, 2.45) is 0 Å². The SMILES string of the molecule is CCC(=O)N1CCN(C(=O)c2ccc(OC(C)C)c(Cl)c2)CC1. The van der Waals surface area contributed by atoms with Crippen LogP contribution >= 0.6 is 11.6 Å². The molecule has 0 atom stereocenters. The molecular formula is C17H23ClN2O3. The summed E-state index contributed by atoms with van der Waals surface area (Å²) in [5.41, 5.74) is 0.543. The number of piperazine rings is 1. The number of rotatable bonds is 4. The summed E-state index contributed by atoms with van der Waals surface area (Å²) in [7, 11) is 0. The Morgan fingerprint density at radius 3 is 2.30 bits per heavy atom. The third-order valence-electron chi connectivity index (χ3n) is 3.76. The molecule has 0 aromatic heterocycles. The maximum absolute atomic E-state index is 12.6. The molecule has 0 N–H and O–H groups in total. The Bertz CT molecular complexity index is 581. The Hall–Kier alpha value is -1.75. The average molecular weight is 339 g/mol. The monoisotopic (exact) mass is 338 g/mol. The van der Waals surface area contributed by atoms with E-state index in [1.807, 2.05) is 20.8 Å². The zero-order valence-electron chi connectivity index (χ0n) is 13.8. The first-order valence-electron chi connectivity index (χ1n) is 7.95. The predicted molar refractivity (Wildman–Crippen MR) is 90.0 cm³/mol. The molecule has 5 nitrogen and oxygen atoms in total. The second-order valence-electron chi connectivity index (χ2n) is 5.84. The van der Waals surface area contributed by atoms with E-state index in [9.17, 15) is 9.59 Å². The highest BCUT2D eigenvalue weighted by Crippen LogP contribution is 2.27. The van der Waals surface area contributed by atoms with E-state index < -0.39 is 0 Å². The molecule has 0 unspecified atom stereocenters. The topological polar surface area (TPSA) is 49.9 Å². The second-order valence-corrected chi connectivity index (χ2v) is 6.25. The molecule has 0 saturated carbocycles. The minimum atomic E-state index is -0.0633. The molecule has 0 radical (unpaired) electrons. The maximum Gasteiger partial charge on any atom is 0.254 e. The largest absolute Gasteiger partial charge is 0.489 e. The lowest BCUT2D eigenvalue weighted by molar-refractivity contribution is -0.132. The van der Waals surface area contributed by atoms with E-state index in [2.05, 4.69) is 0 Å². The molecule has 126 valence electrons. The molecule has 6 heteroatoms. The normalized spacial score (nSPS) is 15.0. The molecule has 1 heterocycles. The second kappa shape index (κ2) is 7.68. The summed E-state index contributed by atoms with van der Waals surface area (Å²) >= 11 is 6.19. The number of hydrogen-bond donors (Lipinski definition) is 0. The summed E-state index contributed by atoms with van der Waals surface area (Å²) < 4.78 is 5.58. The lowest BCUT2D eigenvalue weighted by atomic mass is 10.1. The van der Waals surface area contributed by atoms with Crippen LogP contribution in [0.1, 0.15) is 37.6 Å². The standard InChI is InChI=1S/C17H23ClN2O3/c1-4-16(21)19-7-9-20(10-8-19)17(22)13-5-6-15(14(18)11-13)23-12(2)3/h5-6,11-12H,4,7-10H2,1-3H3. The minimum Gasteiger partial charge on any atom is -0.489 e. The van der Waals surface area contributed by atoms with E-state index in [0.29, 0.717) is 48.9 Å². The fourth-order valence-corrected chi connectivity index (χ4v) is 2.77. The van der Waals surface area contributed by atoms with Crippen molar-refractivity contribution < 1.29 is 14.3 Å². The van der Waals surface area contributed by atoms with Crippen molar-refractivity contribution >= 4 is 23.4 Å². The quantitative estimate of drug-likeness (QED) is 0.848. The third kappa shape index (κ3) is 4.38. The van der Waals surface area contributed by atoms with Gasteiger partial charge in [-0.05, 0) is 32.0 Å². The van der Waals surface area contributed by atoms with E-state index in [1.165, 1.54) is 0 Å². The molecule has 2 rings (SSSR count). The van der Waals surface area contributed by atoms with Crippen LogP contribution in [-0.4, -0.2) is 53.9 Å². The van der Waals surface area contributed by atoms with Gasteiger partial charge in [0.25, 0.3) is 5.91 Å². The van der Waals surface area contributed by atoms with Gasteiger partial charge in [-0.15, -0.1) is 0 Å². The fourth-order valence-electron chi connectivity index (χ4n) is 2.55. The third-order valence-corrected chi connectivity index (χ3v) is 4.06. The number of ether oxygens (including phenoxy) is 1. The number of carbonyl (C=O) groups is 2. The van der Waals surface area contributed by atoms with Gasteiger partial charge >= 0.3 is 0 Å². The molecule has 1 aliphatic rings. The van der Waals surface area contributed by atoms with Gasteiger partial charge in [-0.1, -0.05) is 18.5 Å². The van der Waals surface area contributed by atoms with E-state index in [4.69, 9.17) is 16.3 Å². The summed E-state index contributed by atoms with van der Waals surface area (Å²) in [5.74, 6) is 0.651. The Morgan fingerprint density at radius 2 is 1.78 bits per heavy atom. The van der Waals surface area contributed by atoms with Gasteiger partial charge in [-0.25, -0.2) is 0 Å². The number of amides is 2. The van der Waals surface area contributed by atoms with Crippen LogP contribution in [0, 0.1) is 0 Å². The predicted octanol–water partition coefficient (Wildman–Crippen LogP) is 2.82. The van der Waals surface area contributed by atoms with Crippen LogP contribution in [0.25, 0.3) is 0 Å². The van der Waals surface area contributed by atoms with Crippen molar-refractivity contribution in [1.82, 2.24) is 9.80 Å². The van der Waals surface area contributed by atoms with Gasteiger partial charge in [0.15, 0.2) is 0 Å². The first kappa shape index (κ1) is 17.6. The van der Waals surface area contributed by atoms with Gasteiger partial charge in [0.2, 0.25) is 5.91 Å². The van der Waals surface area contributed by atoms with Crippen LogP contribution in [0.15, 0.2) is 18.2 Å². The Balaban J connectivity index is 2.01. The fraction of sp³-hybridized carbons (Fsp3) is 0.529.